The van der Waals surface area contributed by atoms with Crippen molar-refractivity contribution in [2.75, 3.05) is 27.2 Å². The van der Waals surface area contributed by atoms with Gasteiger partial charge in [-0.05, 0) is 31.5 Å². The van der Waals surface area contributed by atoms with Crippen LogP contribution in [0, 0.1) is 0 Å². The van der Waals surface area contributed by atoms with E-state index in [1.807, 2.05) is 36.2 Å². The molecule has 104 valence electrons. The van der Waals surface area contributed by atoms with Crippen molar-refractivity contribution in [1.82, 2.24) is 10.2 Å². The van der Waals surface area contributed by atoms with Gasteiger partial charge in [-0.15, -0.1) is 0 Å². The zero-order valence-corrected chi connectivity index (χ0v) is 11.7. The Morgan fingerprint density at radius 1 is 1.37 bits per heavy atom. The molecule has 0 bridgehead atoms. The summed E-state index contributed by atoms with van der Waals surface area (Å²) in [5, 5.41) is 3.28. The third kappa shape index (κ3) is 3.33. The van der Waals surface area contributed by atoms with Crippen LogP contribution in [0.15, 0.2) is 24.3 Å². The second kappa shape index (κ2) is 6.68. The zero-order chi connectivity index (χ0) is 13.7. The number of benzene rings is 1. The number of hydrogen-bond donors (Lipinski definition) is 1. The van der Waals surface area contributed by atoms with Crippen LogP contribution in [0.3, 0.4) is 0 Å². The highest BCUT2D eigenvalue weighted by molar-refractivity contribution is 5.95. The van der Waals surface area contributed by atoms with Gasteiger partial charge in [-0.3, -0.25) is 4.79 Å². The lowest BCUT2D eigenvalue weighted by Gasteiger charge is -2.32. The van der Waals surface area contributed by atoms with Gasteiger partial charge in [0.25, 0.3) is 5.91 Å². The van der Waals surface area contributed by atoms with Gasteiger partial charge in [-0.1, -0.05) is 18.2 Å². The first-order valence-electron chi connectivity index (χ1n) is 6.79. The number of nitrogens with one attached hydrogen (secondary N) is 1. The first kappa shape index (κ1) is 14.0. The molecule has 1 aliphatic rings. The van der Waals surface area contributed by atoms with Crippen LogP contribution in [0.1, 0.15) is 28.8 Å². The van der Waals surface area contributed by atoms with Gasteiger partial charge in [0.05, 0.1) is 6.61 Å². The van der Waals surface area contributed by atoms with Crippen molar-refractivity contribution in [3.05, 3.63) is 35.4 Å². The van der Waals surface area contributed by atoms with Crippen molar-refractivity contribution < 1.29 is 9.53 Å². The van der Waals surface area contributed by atoms with Gasteiger partial charge >= 0.3 is 0 Å². The minimum Gasteiger partial charge on any atom is -0.380 e. The molecule has 4 nitrogen and oxygen atoms in total. The molecule has 1 N–H and O–H groups in total. The third-order valence-electron chi connectivity index (χ3n) is 3.74. The summed E-state index contributed by atoms with van der Waals surface area (Å²) in [7, 11) is 3.63. The standard InChI is InChI=1S/C15H22N2O2/c1-16-13-7-9-17(10-8-13)15(18)14-6-4-3-5-12(14)11-19-2/h3-6,13,16H,7-11H2,1-2H3. The van der Waals surface area contributed by atoms with Crippen LogP contribution in [0.4, 0.5) is 0 Å². The van der Waals surface area contributed by atoms with E-state index >= 15 is 0 Å². The zero-order valence-electron chi connectivity index (χ0n) is 11.7. The Morgan fingerprint density at radius 2 is 2.05 bits per heavy atom. The van der Waals surface area contributed by atoms with Crippen LogP contribution in [0.2, 0.25) is 0 Å². The predicted octanol–water partition coefficient (Wildman–Crippen LogP) is 1.66. The number of rotatable bonds is 4. The van der Waals surface area contributed by atoms with E-state index in [4.69, 9.17) is 4.74 Å². The monoisotopic (exact) mass is 262 g/mol. The number of nitrogens with zero attached hydrogens (tertiary/aromatic N) is 1. The molecule has 0 saturated carbocycles. The molecule has 1 fully saturated rings. The molecule has 19 heavy (non-hydrogen) atoms. The Labute approximate surface area is 114 Å². The topological polar surface area (TPSA) is 41.6 Å². The Bertz CT molecular complexity index is 426. The molecule has 1 saturated heterocycles. The van der Waals surface area contributed by atoms with Crippen LogP contribution in [0.25, 0.3) is 0 Å². The first-order valence-corrected chi connectivity index (χ1v) is 6.79. The number of ether oxygens (including phenoxy) is 1. The Morgan fingerprint density at radius 3 is 2.68 bits per heavy atom. The van der Waals surface area contributed by atoms with E-state index in [0.717, 1.165) is 37.1 Å². The van der Waals surface area contributed by atoms with E-state index in [1.165, 1.54) is 0 Å². The molecule has 1 aromatic carbocycles. The van der Waals surface area contributed by atoms with Crippen molar-refractivity contribution in [2.24, 2.45) is 0 Å². The van der Waals surface area contributed by atoms with Gasteiger partial charge in [0.2, 0.25) is 0 Å². The smallest absolute Gasteiger partial charge is 0.254 e. The summed E-state index contributed by atoms with van der Waals surface area (Å²) in [5.41, 5.74) is 1.73. The molecule has 0 aliphatic carbocycles. The lowest BCUT2D eigenvalue weighted by atomic mass is 10.0. The van der Waals surface area contributed by atoms with Crippen LogP contribution in [-0.4, -0.2) is 44.1 Å². The summed E-state index contributed by atoms with van der Waals surface area (Å²) >= 11 is 0. The number of likely N-dealkylation sites (tertiary alicyclic amines) is 1. The van der Waals surface area contributed by atoms with Crippen molar-refractivity contribution in [1.29, 1.82) is 0 Å². The van der Waals surface area contributed by atoms with Gasteiger partial charge in [0.1, 0.15) is 0 Å². The van der Waals surface area contributed by atoms with Gasteiger partial charge in [-0.25, -0.2) is 0 Å². The van der Waals surface area contributed by atoms with E-state index in [9.17, 15) is 4.79 Å². The SMILES string of the molecule is CNC1CCN(C(=O)c2ccccc2COC)CC1. The summed E-state index contributed by atoms with van der Waals surface area (Å²) in [6.45, 7) is 2.13. The number of carbonyl (C=O) groups is 1. The van der Waals surface area contributed by atoms with Crippen LogP contribution >= 0.6 is 0 Å². The Kier molecular flexibility index (Phi) is 4.93. The molecule has 1 aliphatic heterocycles. The Hall–Kier alpha value is -1.39. The summed E-state index contributed by atoms with van der Waals surface area (Å²) in [6.07, 6.45) is 2.05. The van der Waals surface area contributed by atoms with E-state index in [0.29, 0.717) is 12.6 Å². The van der Waals surface area contributed by atoms with Crippen LogP contribution in [-0.2, 0) is 11.3 Å². The summed E-state index contributed by atoms with van der Waals surface area (Å²) in [5.74, 6) is 0.127. The van der Waals surface area contributed by atoms with Gasteiger partial charge in [0, 0.05) is 31.8 Å². The lowest BCUT2D eigenvalue weighted by molar-refractivity contribution is 0.0702. The maximum Gasteiger partial charge on any atom is 0.254 e. The number of carbonyl (C=O) groups excluding carboxylic acids is 1. The third-order valence-corrected chi connectivity index (χ3v) is 3.74. The molecule has 4 heteroatoms. The number of hydrogen-bond acceptors (Lipinski definition) is 3. The summed E-state index contributed by atoms with van der Waals surface area (Å²) < 4.78 is 5.16. The fourth-order valence-corrected chi connectivity index (χ4v) is 2.55. The lowest BCUT2D eigenvalue weighted by Crippen LogP contribution is -2.44. The summed E-state index contributed by atoms with van der Waals surface area (Å²) in [4.78, 5) is 14.5. The molecule has 0 atom stereocenters. The Balaban J connectivity index is 2.07. The molecule has 0 aromatic heterocycles. The minimum atomic E-state index is 0.127. The number of piperidine rings is 1. The predicted molar refractivity (Wildman–Crippen MR) is 75.1 cm³/mol. The van der Waals surface area contributed by atoms with E-state index < -0.39 is 0 Å². The van der Waals surface area contributed by atoms with Crippen LogP contribution in [0.5, 0.6) is 0 Å². The van der Waals surface area contributed by atoms with E-state index in [1.54, 1.807) is 7.11 Å². The van der Waals surface area contributed by atoms with Crippen molar-refractivity contribution in [3.63, 3.8) is 0 Å². The molecule has 1 aromatic rings. The molecule has 1 heterocycles. The highest BCUT2D eigenvalue weighted by Crippen LogP contribution is 2.17. The minimum absolute atomic E-state index is 0.127. The largest absolute Gasteiger partial charge is 0.380 e. The molecule has 1 amide bonds. The fourth-order valence-electron chi connectivity index (χ4n) is 2.55. The van der Waals surface area contributed by atoms with E-state index in [-0.39, 0.29) is 5.91 Å². The quantitative estimate of drug-likeness (QED) is 0.897. The second-order valence-corrected chi connectivity index (χ2v) is 4.95. The van der Waals surface area contributed by atoms with Gasteiger partial charge in [0.15, 0.2) is 0 Å². The maximum atomic E-state index is 12.5. The molecule has 0 spiro atoms. The van der Waals surface area contributed by atoms with Crippen molar-refractivity contribution in [3.8, 4) is 0 Å². The maximum absolute atomic E-state index is 12.5. The fraction of sp³-hybridized carbons (Fsp3) is 0.533. The van der Waals surface area contributed by atoms with Crippen molar-refractivity contribution >= 4 is 5.91 Å². The highest BCUT2D eigenvalue weighted by Gasteiger charge is 2.23. The molecular weight excluding hydrogens is 240 g/mol. The molecule has 0 radical (unpaired) electrons. The van der Waals surface area contributed by atoms with Crippen LogP contribution < -0.4 is 5.32 Å². The molecule has 2 rings (SSSR count). The summed E-state index contributed by atoms with van der Waals surface area (Å²) in [6, 6.07) is 8.24. The molecule has 0 unspecified atom stereocenters. The normalized spacial score (nSPS) is 16.6. The average Bonchev–Trinajstić information content (AvgIpc) is 2.47. The second-order valence-electron chi connectivity index (χ2n) is 4.95. The van der Waals surface area contributed by atoms with Crippen molar-refractivity contribution in [2.45, 2.75) is 25.5 Å². The number of amides is 1. The van der Waals surface area contributed by atoms with E-state index in [2.05, 4.69) is 5.32 Å². The number of methoxy groups -OCH3 is 1. The van der Waals surface area contributed by atoms with Gasteiger partial charge < -0.3 is 15.0 Å². The molecular formula is C15H22N2O2. The van der Waals surface area contributed by atoms with Gasteiger partial charge in [-0.2, -0.15) is 0 Å². The highest BCUT2D eigenvalue weighted by atomic mass is 16.5. The average molecular weight is 262 g/mol. The first-order chi connectivity index (χ1) is 9.26.